The Hall–Kier alpha value is -3.75. The van der Waals surface area contributed by atoms with Gasteiger partial charge in [-0.05, 0) is 111 Å². The Kier molecular flexibility index (Phi) is 9.14. The minimum atomic E-state index is -0.478. The first-order chi connectivity index (χ1) is 21.0. The molecule has 0 aliphatic carbocycles. The Morgan fingerprint density at radius 2 is 1.61 bits per heavy atom. The largest absolute Gasteiger partial charge is 0.396 e. The van der Waals surface area contributed by atoms with E-state index in [9.17, 15) is 15.0 Å². The number of amides is 1. The summed E-state index contributed by atoms with van der Waals surface area (Å²) in [5.74, 6) is 0.137. The lowest BCUT2D eigenvalue weighted by Gasteiger charge is -2.31. The predicted octanol–water partition coefficient (Wildman–Crippen LogP) is 6.49. The molecule has 3 aromatic heterocycles. The quantitative estimate of drug-likeness (QED) is 0.225. The first kappa shape index (κ1) is 31.7. The van der Waals surface area contributed by atoms with Gasteiger partial charge in [-0.15, -0.1) is 0 Å². The molecule has 8 heteroatoms. The van der Waals surface area contributed by atoms with E-state index >= 15 is 0 Å². The molecule has 234 valence electrons. The van der Waals surface area contributed by atoms with Crippen molar-refractivity contribution < 1.29 is 15.0 Å². The molecule has 0 saturated heterocycles. The number of carbonyl (C=O) groups excluding carboxylic acids is 1. The van der Waals surface area contributed by atoms with E-state index in [0.717, 1.165) is 91.9 Å². The van der Waals surface area contributed by atoms with Gasteiger partial charge >= 0.3 is 0 Å². The minimum absolute atomic E-state index is 0.0538. The third-order valence-corrected chi connectivity index (χ3v) is 9.62. The number of carbonyl (C=O) groups is 1. The third kappa shape index (κ3) is 5.85. The zero-order valence-electron chi connectivity index (χ0n) is 27.3. The third-order valence-electron chi connectivity index (χ3n) is 9.62. The number of H-pyrrole nitrogens is 2. The zero-order valence-corrected chi connectivity index (χ0v) is 27.3. The fraction of sp³-hybridized carbons (Fsp3) is 0.472. The number of fused-ring (bicyclic) bond motifs is 8. The maximum atomic E-state index is 13.2. The topological polar surface area (TPSA) is 118 Å². The van der Waals surface area contributed by atoms with E-state index in [2.05, 4.69) is 74.9 Å². The van der Waals surface area contributed by atoms with Crippen molar-refractivity contribution in [3.8, 4) is 0 Å². The van der Waals surface area contributed by atoms with Gasteiger partial charge in [0, 0.05) is 78.5 Å². The number of aliphatic hydroxyl groups excluding tert-OH is 2. The number of hydrogen-bond acceptors (Lipinski definition) is 5. The predicted molar refractivity (Wildman–Crippen MR) is 178 cm³/mol. The molecule has 8 bridgehead atoms. The molecule has 0 radical (unpaired) electrons. The highest BCUT2D eigenvalue weighted by atomic mass is 16.3. The second kappa shape index (κ2) is 12.7. The summed E-state index contributed by atoms with van der Waals surface area (Å²) in [5, 5.41) is 19.4. The molecule has 0 unspecified atom stereocenters. The highest BCUT2D eigenvalue weighted by Crippen LogP contribution is 2.47. The van der Waals surface area contributed by atoms with Crippen molar-refractivity contribution in [3.63, 3.8) is 0 Å². The number of nitrogens with zero attached hydrogens (tertiary/aromatic N) is 3. The lowest BCUT2D eigenvalue weighted by molar-refractivity contribution is -0.130. The standard InChI is InChI=1S/C36H47N5O3/c1-8-27-33-18-30-23(4)26(12-10-14-43)32(39-30)19-31-25(11-9-13-42)22(3)29(38-31)17-28-21(2)15-24(37-28)16-34(40-33)36(27,5)20-35(44)41(6)7/h15-19,27,37,39,42-43H,8-14,20H2,1-7H3/t27-,36+/m1/s1. The molecule has 2 aliphatic heterocycles. The van der Waals surface area contributed by atoms with Gasteiger partial charge < -0.3 is 25.1 Å². The zero-order chi connectivity index (χ0) is 31.8. The normalized spacial score (nSPS) is 18.2. The van der Waals surface area contributed by atoms with Crippen LogP contribution in [0.2, 0.25) is 0 Å². The van der Waals surface area contributed by atoms with Gasteiger partial charge in [0.1, 0.15) is 0 Å². The van der Waals surface area contributed by atoms with Crippen LogP contribution >= 0.6 is 0 Å². The molecule has 4 N–H and O–H groups in total. The van der Waals surface area contributed by atoms with Gasteiger partial charge in [0.15, 0.2) is 0 Å². The Morgan fingerprint density at radius 1 is 0.909 bits per heavy atom. The van der Waals surface area contributed by atoms with Crippen molar-refractivity contribution in [2.24, 2.45) is 0 Å². The molecular weight excluding hydrogens is 550 g/mol. The van der Waals surface area contributed by atoms with Crippen LogP contribution in [-0.4, -0.2) is 68.3 Å². The number of rotatable bonds is 9. The van der Waals surface area contributed by atoms with Crippen molar-refractivity contribution >= 4 is 39.1 Å². The summed E-state index contributed by atoms with van der Waals surface area (Å²) in [7, 11) is 3.62. The van der Waals surface area contributed by atoms with Gasteiger partial charge in [0.2, 0.25) is 5.91 Å². The van der Waals surface area contributed by atoms with Crippen LogP contribution in [0.15, 0.2) is 30.3 Å². The van der Waals surface area contributed by atoms with Crippen molar-refractivity contribution in [1.82, 2.24) is 24.8 Å². The van der Waals surface area contributed by atoms with Crippen molar-refractivity contribution in [2.45, 2.75) is 84.5 Å². The van der Waals surface area contributed by atoms with Gasteiger partial charge in [-0.1, -0.05) is 13.8 Å². The Morgan fingerprint density at radius 3 is 2.30 bits per heavy atom. The lowest BCUT2D eigenvalue weighted by atomic mass is 9.71. The van der Waals surface area contributed by atoms with Crippen LogP contribution in [-0.2, 0) is 16.6 Å². The molecule has 0 spiro atoms. The van der Waals surface area contributed by atoms with Gasteiger partial charge in [-0.2, -0.15) is 0 Å². The van der Waals surface area contributed by atoms with Gasteiger partial charge in [0.25, 0.3) is 0 Å². The van der Waals surface area contributed by atoms with E-state index in [-0.39, 0.29) is 25.0 Å². The summed E-state index contributed by atoms with van der Waals surface area (Å²) in [5.41, 5.74) is 12.7. The average Bonchev–Trinajstić information content (AvgIpc) is 3.64. The lowest BCUT2D eigenvalue weighted by Crippen LogP contribution is -2.34. The van der Waals surface area contributed by atoms with Gasteiger partial charge in [-0.3, -0.25) is 9.78 Å². The van der Waals surface area contributed by atoms with E-state index in [1.807, 2.05) is 14.1 Å². The van der Waals surface area contributed by atoms with Gasteiger partial charge in [0.05, 0.1) is 11.4 Å². The first-order valence-electron chi connectivity index (χ1n) is 15.8. The summed E-state index contributed by atoms with van der Waals surface area (Å²) < 4.78 is 0. The highest BCUT2D eigenvalue weighted by Gasteiger charge is 2.44. The fourth-order valence-electron chi connectivity index (χ4n) is 6.91. The van der Waals surface area contributed by atoms with E-state index in [4.69, 9.17) is 9.97 Å². The number of aromatic amines is 2. The summed E-state index contributed by atoms with van der Waals surface area (Å²) in [4.78, 5) is 32.5. The molecule has 3 aromatic rings. The van der Waals surface area contributed by atoms with Crippen molar-refractivity contribution in [1.29, 1.82) is 0 Å². The van der Waals surface area contributed by atoms with Crippen LogP contribution in [0.3, 0.4) is 0 Å². The molecule has 5 heterocycles. The number of aromatic nitrogens is 4. The van der Waals surface area contributed by atoms with Crippen LogP contribution < -0.4 is 0 Å². The van der Waals surface area contributed by atoms with E-state index in [1.165, 1.54) is 0 Å². The Balaban J connectivity index is 1.89. The first-order valence-corrected chi connectivity index (χ1v) is 15.8. The maximum Gasteiger partial charge on any atom is 0.223 e. The highest BCUT2D eigenvalue weighted by molar-refractivity contribution is 5.93. The maximum absolute atomic E-state index is 13.2. The molecule has 1 amide bonds. The molecule has 0 saturated carbocycles. The number of aryl methyl sites for hydroxylation is 3. The second-order valence-electron chi connectivity index (χ2n) is 12.9. The summed E-state index contributed by atoms with van der Waals surface area (Å²) >= 11 is 0. The summed E-state index contributed by atoms with van der Waals surface area (Å²) in [6, 6.07) is 10.6. The van der Waals surface area contributed by atoms with Crippen LogP contribution in [0.25, 0.3) is 33.2 Å². The monoisotopic (exact) mass is 597 g/mol. The van der Waals surface area contributed by atoms with E-state index < -0.39 is 5.41 Å². The van der Waals surface area contributed by atoms with E-state index in [1.54, 1.807) is 4.90 Å². The fourth-order valence-corrected chi connectivity index (χ4v) is 6.91. The molecule has 2 atom stereocenters. The molecule has 8 nitrogen and oxygen atoms in total. The van der Waals surface area contributed by atoms with Crippen LogP contribution in [0, 0.1) is 13.8 Å². The number of aliphatic hydroxyl groups is 2. The van der Waals surface area contributed by atoms with Crippen LogP contribution in [0.1, 0.15) is 98.3 Å². The number of hydrogen-bond donors (Lipinski definition) is 4. The van der Waals surface area contributed by atoms with Crippen molar-refractivity contribution in [3.05, 3.63) is 69.8 Å². The minimum Gasteiger partial charge on any atom is -0.396 e. The molecule has 44 heavy (non-hydrogen) atoms. The molecular formula is C36H47N5O3. The SMILES string of the molecule is CC[C@@H]1c2cc3[nH]c(cc4nc(cc5[nH]c(cc(n2)[C@@]1(C)CC(=O)N(C)C)cc5C)C(C)=C4CCCO)c(CCCO)c3C. The smallest absolute Gasteiger partial charge is 0.223 e. The van der Waals surface area contributed by atoms with Crippen molar-refractivity contribution in [2.75, 3.05) is 27.3 Å². The number of nitrogens with one attached hydrogen (secondary N) is 2. The molecule has 0 aromatic carbocycles. The van der Waals surface area contributed by atoms with Crippen LogP contribution in [0.5, 0.6) is 0 Å². The Bertz CT molecular complexity index is 1760. The second-order valence-corrected chi connectivity index (χ2v) is 12.9. The summed E-state index contributed by atoms with van der Waals surface area (Å²) in [6.07, 6.45) is 4.00. The van der Waals surface area contributed by atoms with Gasteiger partial charge in [-0.25, -0.2) is 4.98 Å². The molecule has 5 rings (SSSR count). The molecule has 0 fully saturated rings. The van der Waals surface area contributed by atoms with Crippen LogP contribution in [0.4, 0.5) is 0 Å². The Labute approximate surface area is 260 Å². The summed E-state index contributed by atoms with van der Waals surface area (Å²) in [6.45, 7) is 10.9. The average molecular weight is 598 g/mol. The van der Waals surface area contributed by atoms with E-state index in [0.29, 0.717) is 19.3 Å². The number of allylic oxidation sites excluding steroid dienone is 2. The molecule has 2 aliphatic rings.